The molecule has 0 saturated heterocycles. The first-order valence-corrected chi connectivity index (χ1v) is 17.4. The highest BCUT2D eigenvalue weighted by Gasteiger charge is 2.03. The quantitative estimate of drug-likeness (QED) is 0.0522. The molecule has 0 aliphatic carbocycles. The molecule has 0 bridgehead atoms. The Hall–Kier alpha value is -0.820. The largest absolute Gasteiger partial charge is 0.481 e. The van der Waals surface area contributed by atoms with Gasteiger partial charge in [0.2, 0.25) is 0 Å². The van der Waals surface area contributed by atoms with Gasteiger partial charge in [0.1, 0.15) is 0 Å². The van der Waals surface area contributed by atoms with Crippen LogP contribution in [0.25, 0.3) is 0 Å². The monoisotopic (exact) mass is 615 g/mol. The molecular weight excluding hydrogens is 550 g/mol. The van der Waals surface area contributed by atoms with Gasteiger partial charge in [-0.1, -0.05) is 123 Å². The van der Waals surface area contributed by atoms with Crippen LogP contribution in [0, 0.1) is 0 Å². The highest BCUT2D eigenvalue weighted by Crippen LogP contribution is 2.11. The van der Waals surface area contributed by atoms with Gasteiger partial charge in [-0.3, -0.25) is 14.2 Å². The molecule has 0 spiro atoms. The van der Waals surface area contributed by atoms with Crippen molar-refractivity contribution >= 4 is 16.4 Å². The number of carbonyl (C=O) groups is 1. The number of hydrogen-bond donors (Lipinski definition) is 5. The third-order valence-corrected chi connectivity index (χ3v) is 6.94. The van der Waals surface area contributed by atoms with E-state index < -0.39 is 16.4 Å². The van der Waals surface area contributed by atoms with Crippen molar-refractivity contribution in [3.05, 3.63) is 0 Å². The molecule has 0 rings (SSSR count). The smallest absolute Gasteiger partial charge is 0.397 e. The van der Waals surface area contributed by atoms with Gasteiger partial charge in [-0.05, 0) is 12.8 Å². The van der Waals surface area contributed by atoms with Crippen molar-refractivity contribution in [2.75, 3.05) is 46.1 Å². The second kappa shape index (κ2) is 37.2. The van der Waals surface area contributed by atoms with E-state index in [1.165, 1.54) is 89.9 Å². The van der Waals surface area contributed by atoms with E-state index in [1.54, 1.807) is 4.90 Å². The predicted octanol–water partition coefficient (Wildman–Crippen LogP) is 5.98. The van der Waals surface area contributed by atoms with Crippen LogP contribution in [0.1, 0.15) is 142 Å². The molecule has 0 aromatic carbocycles. The van der Waals surface area contributed by atoms with Crippen molar-refractivity contribution < 1.29 is 42.4 Å². The predicted molar refractivity (Wildman–Crippen MR) is 167 cm³/mol. The SMILES string of the molecule is CCCCCCCCCCCC(=O)O.CCCCCCCCCCCCOS(=O)(=O)O.OCCN(CCO)CCO. The Labute approximate surface area is 251 Å². The lowest BCUT2D eigenvalue weighted by atomic mass is 10.1. The summed E-state index contributed by atoms with van der Waals surface area (Å²) >= 11 is 0. The Kier molecular flexibility index (Phi) is 40.5. The molecular formula is C30H65NO9S. The number of rotatable bonds is 28. The molecule has 10 nitrogen and oxygen atoms in total. The molecule has 0 aromatic heterocycles. The minimum absolute atomic E-state index is 0.0694. The average Bonchev–Trinajstić information content (AvgIpc) is 2.91. The molecule has 0 aromatic rings. The van der Waals surface area contributed by atoms with Gasteiger partial charge in [-0.2, -0.15) is 8.42 Å². The number of nitrogens with zero attached hydrogens (tertiary/aromatic N) is 1. The number of hydrogen-bond acceptors (Lipinski definition) is 8. The highest BCUT2D eigenvalue weighted by atomic mass is 32.3. The third-order valence-electron chi connectivity index (χ3n) is 6.47. The molecule has 250 valence electrons. The minimum Gasteiger partial charge on any atom is -0.481 e. The van der Waals surface area contributed by atoms with Crippen LogP contribution in [0.15, 0.2) is 0 Å². The molecule has 11 heteroatoms. The van der Waals surface area contributed by atoms with E-state index >= 15 is 0 Å². The summed E-state index contributed by atoms with van der Waals surface area (Å²) in [6.07, 6.45) is 23.3. The fourth-order valence-corrected chi connectivity index (χ4v) is 4.43. The number of aliphatic hydroxyl groups is 3. The first kappa shape index (κ1) is 44.6. The summed E-state index contributed by atoms with van der Waals surface area (Å²) in [6, 6.07) is 0. The molecule has 0 saturated carbocycles. The zero-order valence-electron chi connectivity index (χ0n) is 26.3. The molecule has 0 aliphatic heterocycles. The van der Waals surface area contributed by atoms with Gasteiger partial charge >= 0.3 is 16.4 Å². The fraction of sp³-hybridized carbons (Fsp3) is 0.967. The fourth-order valence-electron chi connectivity index (χ4n) is 4.10. The third kappa shape index (κ3) is 49.2. The van der Waals surface area contributed by atoms with Gasteiger partial charge in [-0.25, -0.2) is 4.18 Å². The second-order valence-electron chi connectivity index (χ2n) is 10.4. The summed E-state index contributed by atoms with van der Waals surface area (Å²) < 4.78 is 33.0. The lowest BCUT2D eigenvalue weighted by molar-refractivity contribution is -0.137. The maximum Gasteiger partial charge on any atom is 0.397 e. The van der Waals surface area contributed by atoms with Crippen LogP contribution in [0.2, 0.25) is 0 Å². The van der Waals surface area contributed by atoms with Gasteiger partial charge in [0, 0.05) is 26.1 Å². The first-order chi connectivity index (χ1) is 19.7. The van der Waals surface area contributed by atoms with E-state index in [2.05, 4.69) is 18.0 Å². The topological polar surface area (TPSA) is 165 Å². The molecule has 0 fully saturated rings. The summed E-state index contributed by atoms with van der Waals surface area (Å²) in [7, 11) is -4.23. The van der Waals surface area contributed by atoms with Crippen LogP contribution >= 0.6 is 0 Å². The van der Waals surface area contributed by atoms with Crippen molar-refractivity contribution in [2.24, 2.45) is 0 Å². The Morgan fingerprint density at radius 2 is 0.902 bits per heavy atom. The number of aliphatic carboxylic acids is 1. The van der Waals surface area contributed by atoms with Crippen LogP contribution in [0.5, 0.6) is 0 Å². The van der Waals surface area contributed by atoms with Crippen LogP contribution in [-0.2, 0) is 19.4 Å². The van der Waals surface area contributed by atoms with Crippen LogP contribution in [-0.4, -0.2) is 90.3 Å². The number of carboxylic acids is 1. The van der Waals surface area contributed by atoms with E-state index in [0.717, 1.165) is 25.7 Å². The molecule has 0 atom stereocenters. The van der Waals surface area contributed by atoms with E-state index in [9.17, 15) is 13.2 Å². The Morgan fingerprint density at radius 1 is 0.585 bits per heavy atom. The van der Waals surface area contributed by atoms with Gasteiger partial charge < -0.3 is 20.4 Å². The van der Waals surface area contributed by atoms with Gasteiger partial charge in [0.25, 0.3) is 0 Å². The van der Waals surface area contributed by atoms with Gasteiger partial charge in [0.05, 0.1) is 26.4 Å². The average molecular weight is 616 g/mol. The molecule has 0 heterocycles. The Morgan fingerprint density at radius 3 is 1.20 bits per heavy atom. The molecule has 5 N–H and O–H groups in total. The summed E-state index contributed by atoms with van der Waals surface area (Å²) in [5.41, 5.74) is 0. The van der Waals surface area contributed by atoms with Gasteiger partial charge in [-0.15, -0.1) is 0 Å². The molecule has 0 aliphatic rings. The van der Waals surface area contributed by atoms with Crippen molar-refractivity contribution in [1.82, 2.24) is 4.90 Å². The van der Waals surface area contributed by atoms with Crippen LogP contribution < -0.4 is 0 Å². The lowest BCUT2D eigenvalue weighted by Gasteiger charge is -2.17. The Balaban J connectivity index is -0.000000547. The Bertz CT molecular complexity index is 593. The first-order valence-electron chi connectivity index (χ1n) is 16.1. The molecule has 0 radical (unpaired) electrons. The maximum absolute atomic E-state index is 10.2. The van der Waals surface area contributed by atoms with Crippen molar-refractivity contribution in [3.8, 4) is 0 Å². The molecule has 41 heavy (non-hydrogen) atoms. The minimum atomic E-state index is -4.23. The van der Waals surface area contributed by atoms with Crippen molar-refractivity contribution in [3.63, 3.8) is 0 Å². The van der Waals surface area contributed by atoms with Crippen molar-refractivity contribution in [2.45, 2.75) is 142 Å². The maximum atomic E-state index is 10.2. The van der Waals surface area contributed by atoms with E-state index in [0.29, 0.717) is 32.5 Å². The summed E-state index contributed by atoms with van der Waals surface area (Å²) in [5, 5.41) is 33.9. The van der Waals surface area contributed by atoms with E-state index in [-0.39, 0.29) is 26.4 Å². The van der Waals surface area contributed by atoms with Crippen LogP contribution in [0.3, 0.4) is 0 Å². The second-order valence-corrected chi connectivity index (χ2v) is 11.5. The lowest BCUT2D eigenvalue weighted by Crippen LogP contribution is -2.32. The summed E-state index contributed by atoms with van der Waals surface area (Å²) in [5.74, 6) is -0.659. The number of carboxylic acid groups (broad SMARTS) is 1. The number of aliphatic hydroxyl groups excluding tert-OH is 3. The molecule has 0 amide bonds. The zero-order chi connectivity index (χ0) is 31.5. The number of unbranched alkanes of at least 4 members (excludes halogenated alkanes) is 17. The summed E-state index contributed by atoms with van der Waals surface area (Å²) in [6.45, 7) is 6.29. The van der Waals surface area contributed by atoms with Crippen LogP contribution in [0.4, 0.5) is 0 Å². The van der Waals surface area contributed by atoms with E-state index in [4.69, 9.17) is 25.0 Å². The normalized spacial score (nSPS) is 11.1. The van der Waals surface area contributed by atoms with Gasteiger partial charge in [0.15, 0.2) is 0 Å². The van der Waals surface area contributed by atoms with Crippen molar-refractivity contribution in [1.29, 1.82) is 0 Å². The summed E-state index contributed by atoms with van der Waals surface area (Å²) in [4.78, 5) is 12.0. The van der Waals surface area contributed by atoms with E-state index in [1.807, 2.05) is 0 Å². The zero-order valence-corrected chi connectivity index (χ0v) is 27.1. The highest BCUT2D eigenvalue weighted by molar-refractivity contribution is 7.80. The molecule has 0 unspecified atom stereocenters. The standard InChI is InChI=1S/C12H26O4S.C12H24O2.C6H15NO3/c1-2-3-4-5-6-7-8-9-10-11-12-16-17(13,14)15;1-2-3-4-5-6-7-8-9-10-11-12(13)14;8-4-1-7(2-5-9)3-6-10/h2-12H2,1H3,(H,13,14,15);2-11H2,1H3,(H,13,14);8-10H,1-6H2.